The monoisotopic (exact) mass is 302 g/mol. The van der Waals surface area contributed by atoms with Crippen molar-refractivity contribution in [1.82, 2.24) is 0 Å². The van der Waals surface area contributed by atoms with Crippen LogP contribution in [0.25, 0.3) is 0 Å². The minimum atomic E-state index is -1.74. The first-order valence-electron chi connectivity index (χ1n) is 5.51. The third-order valence-corrected chi connectivity index (χ3v) is 3.09. The van der Waals surface area contributed by atoms with Crippen molar-refractivity contribution >= 4 is 17.4 Å². The summed E-state index contributed by atoms with van der Waals surface area (Å²) in [5.41, 5.74) is -0.772. The first kappa shape index (κ1) is 14.5. The zero-order valence-electron chi connectivity index (χ0n) is 9.89. The van der Waals surface area contributed by atoms with Gasteiger partial charge >= 0.3 is 0 Å². The SMILES string of the molecule is O=C(Cc1c(F)cccc1Cl)c1ccc(F)c(F)c1F. The molecule has 0 unspecified atom stereocenters. The summed E-state index contributed by atoms with van der Waals surface area (Å²) >= 11 is 5.74. The highest BCUT2D eigenvalue weighted by atomic mass is 35.5. The summed E-state index contributed by atoms with van der Waals surface area (Å²) in [4.78, 5) is 11.8. The van der Waals surface area contributed by atoms with Crippen molar-refractivity contribution in [3.63, 3.8) is 0 Å². The zero-order valence-corrected chi connectivity index (χ0v) is 10.6. The Kier molecular flexibility index (Phi) is 4.09. The van der Waals surface area contributed by atoms with Gasteiger partial charge in [-0.05, 0) is 24.3 Å². The van der Waals surface area contributed by atoms with Crippen LogP contribution in [0.4, 0.5) is 17.6 Å². The lowest BCUT2D eigenvalue weighted by Gasteiger charge is -2.07. The van der Waals surface area contributed by atoms with Gasteiger partial charge in [0.2, 0.25) is 0 Å². The molecule has 0 atom stereocenters. The van der Waals surface area contributed by atoms with E-state index in [0.717, 1.165) is 12.1 Å². The molecule has 0 aliphatic heterocycles. The van der Waals surface area contributed by atoms with Gasteiger partial charge in [0.05, 0.1) is 5.56 Å². The lowest BCUT2D eigenvalue weighted by Crippen LogP contribution is -2.10. The number of carbonyl (C=O) groups excluding carboxylic acids is 1. The number of ketones is 1. The van der Waals surface area contributed by atoms with Gasteiger partial charge in [0, 0.05) is 17.0 Å². The fraction of sp³-hybridized carbons (Fsp3) is 0.0714. The van der Waals surface area contributed by atoms with Gasteiger partial charge in [0.1, 0.15) is 5.82 Å². The van der Waals surface area contributed by atoms with Crippen molar-refractivity contribution in [1.29, 1.82) is 0 Å². The highest BCUT2D eigenvalue weighted by molar-refractivity contribution is 6.31. The number of halogens is 5. The summed E-state index contributed by atoms with van der Waals surface area (Å²) in [6.45, 7) is 0. The predicted molar refractivity (Wildman–Crippen MR) is 65.8 cm³/mol. The van der Waals surface area contributed by atoms with Crippen molar-refractivity contribution in [2.24, 2.45) is 0 Å². The second-order valence-corrected chi connectivity index (χ2v) is 4.43. The van der Waals surface area contributed by atoms with Gasteiger partial charge in [0.15, 0.2) is 23.2 Å². The third-order valence-electron chi connectivity index (χ3n) is 2.73. The van der Waals surface area contributed by atoms with E-state index in [1.165, 1.54) is 12.1 Å². The Hall–Kier alpha value is -1.88. The van der Waals surface area contributed by atoms with Crippen molar-refractivity contribution in [2.45, 2.75) is 6.42 Å². The quantitative estimate of drug-likeness (QED) is 0.469. The van der Waals surface area contributed by atoms with E-state index in [2.05, 4.69) is 0 Å². The molecule has 0 aromatic heterocycles. The maximum atomic E-state index is 13.5. The summed E-state index contributed by atoms with van der Waals surface area (Å²) in [6, 6.07) is 5.26. The van der Waals surface area contributed by atoms with E-state index in [0.29, 0.717) is 6.07 Å². The van der Waals surface area contributed by atoms with Crippen molar-refractivity contribution in [2.75, 3.05) is 0 Å². The van der Waals surface area contributed by atoms with E-state index in [1.54, 1.807) is 0 Å². The fourth-order valence-electron chi connectivity index (χ4n) is 1.70. The summed E-state index contributed by atoms with van der Waals surface area (Å²) < 4.78 is 52.8. The molecule has 0 fully saturated rings. The molecule has 2 aromatic rings. The smallest absolute Gasteiger partial charge is 0.195 e. The molecular weight excluding hydrogens is 296 g/mol. The molecule has 0 saturated heterocycles. The normalized spacial score (nSPS) is 10.7. The fourth-order valence-corrected chi connectivity index (χ4v) is 1.93. The van der Waals surface area contributed by atoms with E-state index < -0.39 is 41.0 Å². The van der Waals surface area contributed by atoms with Crippen molar-refractivity contribution in [3.8, 4) is 0 Å². The topological polar surface area (TPSA) is 17.1 Å². The number of benzene rings is 2. The Balaban J connectivity index is 2.36. The molecule has 0 radical (unpaired) electrons. The average molecular weight is 303 g/mol. The molecule has 0 bridgehead atoms. The summed E-state index contributed by atoms with van der Waals surface area (Å²) in [5, 5.41) is 0.00124. The maximum absolute atomic E-state index is 13.5. The summed E-state index contributed by atoms with van der Waals surface area (Å²) in [5.74, 6) is -6.36. The molecule has 104 valence electrons. The highest BCUT2D eigenvalue weighted by Gasteiger charge is 2.20. The second-order valence-electron chi connectivity index (χ2n) is 4.02. The molecule has 0 amide bonds. The molecule has 0 saturated carbocycles. The van der Waals surface area contributed by atoms with Crippen LogP contribution in [0.2, 0.25) is 5.02 Å². The van der Waals surface area contributed by atoms with E-state index in [-0.39, 0.29) is 10.6 Å². The van der Waals surface area contributed by atoms with Crippen LogP contribution in [0.3, 0.4) is 0 Å². The summed E-state index contributed by atoms with van der Waals surface area (Å²) in [6.07, 6.45) is -0.548. The first-order chi connectivity index (χ1) is 9.41. The molecule has 0 spiro atoms. The summed E-state index contributed by atoms with van der Waals surface area (Å²) in [7, 11) is 0. The average Bonchev–Trinajstić information content (AvgIpc) is 2.40. The van der Waals surface area contributed by atoms with Gasteiger partial charge in [-0.1, -0.05) is 17.7 Å². The van der Waals surface area contributed by atoms with Gasteiger partial charge in [-0.2, -0.15) is 0 Å². The van der Waals surface area contributed by atoms with Crippen LogP contribution in [0.5, 0.6) is 0 Å². The molecule has 2 rings (SSSR count). The van der Waals surface area contributed by atoms with E-state index in [4.69, 9.17) is 11.6 Å². The van der Waals surface area contributed by atoms with Gasteiger partial charge < -0.3 is 0 Å². The van der Waals surface area contributed by atoms with Crippen LogP contribution in [0.1, 0.15) is 15.9 Å². The predicted octanol–water partition coefficient (Wildman–Crippen LogP) is 4.32. The number of carbonyl (C=O) groups is 1. The van der Waals surface area contributed by atoms with E-state index >= 15 is 0 Å². The molecule has 6 heteroatoms. The molecular formula is C14H7ClF4O. The molecule has 0 heterocycles. The van der Waals surface area contributed by atoms with E-state index in [9.17, 15) is 22.4 Å². The van der Waals surface area contributed by atoms with Gasteiger partial charge in [0.25, 0.3) is 0 Å². The zero-order chi connectivity index (χ0) is 14.9. The van der Waals surface area contributed by atoms with Crippen LogP contribution >= 0.6 is 11.6 Å². The standard InChI is InChI=1S/C14H7ClF4O/c15-9-2-1-3-10(16)8(9)6-12(20)7-4-5-11(17)14(19)13(7)18/h1-5H,6H2. The number of hydrogen-bond acceptors (Lipinski definition) is 1. The van der Waals surface area contributed by atoms with Crippen LogP contribution in [-0.4, -0.2) is 5.78 Å². The van der Waals surface area contributed by atoms with Crippen LogP contribution < -0.4 is 0 Å². The third kappa shape index (κ3) is 2.67. The Morgan fingerprint density at radius 1 is 0.950 bits per heavy atom. The molecule has 20 heavy (non-hydrogen) atoms. The molecule has 0 aliphatic carbocycles. The Labute approximate surface area is 116 Å². The highest BCUT2D eigenvalue weighted by Crippen LogP contribution is 2.22. The number of rotatable bonds is 3. The van der Waals surface area contributed by atoms with Crippen LogP contribution in [-0.2, 0) is 6.42 Å². The van der Waals surface area contributed by atoms with Gasteiger partial charge in [-0.15, -0.1) is 0 Å². The Bertz CT molecular complexity index is 665. The second kappa shape index (κ2) is 5.63. The maximum Gasteiger partial charge on any atom is 0.195 e. The molecule has 1 nitrogen and oxygen atoms in total. The molecule has 2 aromatic carbocycles. The molecule has 0 N–H and O–H groups in total. The molecule has 0 aliphatic rings. The number of Topliss-reactive ketones (excluding diaryl/α,β-unsaturated/α-hetero) is 1. The lowest BCUT2D eigenvalue weighted by atomic mass is 10.0. The lowest BCUT2D eigenvalue weighted by molar-refractivity contribution is 0.0986. The van der Waals surface area contributed by atoms with Crippen LogP contribution in [0, 0.1) is 23.3 Å². The van der Waals surface area contributed by atoms with Crippen molar-refractivity contribution < 1.29 is 22.4 Å². The van der Waals surface area contributed by atoms with Gasteiger partial charge in [-0.3, -0.25) is 4.79 Å². The minimum Gasteiger partial charge on any atom is -0.294 e. The first-order valence-corrected chi connectivity index (χ1v) is 5.89. The van der Waals surface area contributed by atoms with E-state index in [1.807, 2.05) is 0 Å². The van der Waals surface area contributed by atoms with Crippen LogP contribution in [0.15, 0.2) is 30.3 Å². The Morgan fingerprint density at radius 2 is 1.65 bits per heavy atom. The van der Waals surface area contributed by atoms with Crippen molar-refractivity contribution in [3.05, 3.63) is 69.8 Å². The minimum absolute atomic E-state index is 0.00124. The largest absolute Gasteiger partial charge is 0.294 e. The number of hydrogen-bond donors (Lipinski definition) is 0. The Morgan fingerprint density at radius 3 is 2.30 bits per heavy atom. The van der Waals surface area contributed by atoms with Gasteiger partial charge in [-0.25, -0.2) is 17.6 Å².